The Morgan fingerprint density at radius 2 is 1.55 bits per heavy atom. The monoisotopic (exact) mass is 683 g/mol. The molecular weight excluding hydrogens is 644 g/mol. The van der Waals surface area contributed by atoms with Crippen molar-refractivity contribution in [2.75, 3.05) is 11.9 Å². The fraction of sp³-hybridized carbons (Fsp3) is 0.382. The van der Waals surface area contributed by atoms with E-state index < -0.39 is 78.2 Å². The van der Waals surface area contributed by atoms with Crippen molar-refractivity contribution in [2.45, 2.75) is 71.8 Å². The van der Waals surface area contributed by atoms with Crippen LogP contribution in [-0.4, -0.2) is 63.3 Å². The van der Waals surface area contributed by atoms with Gasteiger partial charge in [-0.05, 0) is 32.3 Å². The molecule has 0 aliphatic heterocycles. The van der Waals surface area contributed by atoms with Crippen LogP contribution in [0.25, 0.3) is 11.4 Å². The van der Waals surface area contributed by atoms with Gasteiger partial charge in [0.15, 0.2) is 0 Å². The first-order valence-electron chi connectivity index (χ1n) is 15.3. The zero-order chi connectivity index (χ0) is 36.4. The number of ether oxygens (including phenoxy) is 2. The molecule has 15 heteroatoms. The number of esters is 1. The maximum Gasteiger partial charge on any atom is 0.412 e. The molecule has 13 nitrogen and oxygen atoms in total. The Morgan fingerprint density at radius 1 is 0.939 bits per heavy atom. The number of Topliss-reactive ketones (excluding diaryl/α,β-unsaturated/α-hetero) is 1. The number of hydrogen-bond donors (Lipinski definition) is 3. The lowest BCUT2D eigenvalue weighted by molar-refractivity contribution is -0.161. The number of ketones is 1. The van der Waals surface area contributed by atoms with Crippen LogP contribution in [0.1, 0.15) is 46.6 Å². The quantitative estimate of drug-likeness (QED) is 0.168. The highest BCUT2D eigenvalue weighted by Gasteiger charge is 2.51. The van der Waals surface area contributed by atoms with Crippen LogP contribution >= 0.6 is 0 Å². The minimum Gasteiger partial charge on any atom is -0.460 e. The summed E-state index contributed by atoms with van der Waals surface area (Å²) in [6.45, 7) is 6.21. The van der Waals surface area contributed by atoms with Gasteiger partial charge in [0.2, 0.25) is 11.7 Å². The summed E-state index contributed by atoms with van der Waals surface area (Å²) in [5, 5.41) is 6.37. The number of alkyl halides is 2. The second kappa shape index (κ2) is 16.6. The number of hydrogen-bond acceptors (Lipinski definition) is 9. The number of halogens is 2. The van der Waals surface area contributed by atoms with E-state index in [2.05, 4.69) is 15.6 Å². The van der Waals surface area contributed by atoms with Gasteiger partial charge in [-0.2, -0.15) is 8.78 Å². The van der Waals surface area contributed by atoms with Crippen molar-refractivity contribution in [1.29, 1.82) is 0 Å². The van der Waals surface area contributed by atoms with E-state index in [-0.39, 0.29) is 18.1 Å². The fourth-order valence-electron chi connectivity index (χ4n) is 4.40. The molecule has 0 spiro atoms. The second-order valence-corrected chi connectivity index (χ2v) is 12.3. The van der Waals surface area contributed by atoms with Crippen molar-refractivity contribution in [3.63, 3.8) is 0 Å². The Morgan fingerprint density at radius 3 is 2.14 bits per heavy atom. The standard InChI is InChI=1S/C34H39F2N5O8/c1-21(2)27(28(44)34(35,36)31(46)37-17-16-26(43)49-33(3,4)5)40-25(42)19-41-29(23-14-10-7-11-15-23)38-18-24(30(41)45)39-32(47)48-20-22-12-8-6-9-13-22/h6-15,18,21,27H,16-17,19-20H2,1-5H3,(H,37,46)(H,39,47)(H,40,42). The van der Waals surface area contributed by atoms with Gasteiger partial charge in [-0.1, -0.05) is 74.5 Å². The molecule has 0 saturated carbocycles. The Labute approximate surface area is 281 Å². The molecule has 2 aromatic carbocycles. The molecule has 0 aliphatic carbocycles. The van der Waals surface area contributed by atoms with E-state index in [1.807, 2.05) is 5.32 Å². The maximum absolute atomic E-state index is 15.0. The Balaban J connectivity index is 1.77. The van der Waals surface area contributed by atoms with Gasteiger partial charge in [-0.15, -0.1) is 0 Å². The first-order chi connectivity index (χ1) is 23.0. The van der Waals surface area contributed by atoms with Crippen molar-refractivity contribution in [2.24, 2.45) is 5.92 Å². The number of nitrogens with zero attached hydrogens (tertiary/aromatic N) is 2. The van der Waals surface area contributed by atoms with Crippen LogP contribution in [0, 0.1) is 5.92 Å². The largest absolute Gasteiger partial charge is 0.460 e. The van der Waals surface area contributed by atoms with E-state index in [9.17, 15) is 28.8 Å². The lowest BCUT2D eigenvalue weighted by Crippen LogP contribution is -2.57. The zero-order valence-corrected chi connectivity index (χ0v) is 27.8. The Bertz CT molecular complexity index is 1710. The molecule has 1 aromatic heterocycles. The third-order valence-electron chi connectivity index (χ3n) is 6.73. The van der Waals surface area contributed by atoms with Gasteiger partial charge in [0.05, 0.1) is 18.7 Å². The highest BCUT2D eigenvalue weighted by molar-refractivity contribution is 6.10. The van der Waals surface area contributed by atoms with E-state index in [0.717, 1.165) is 10.8 Å². The molecule has 262 valence electrons. The molecular formula is C34H39F2N5O8. The van der Waals surface area contributed by atoms with Gasteiger partial charge in [0.25, 0.3) is 11.5 Å². The number of carbonyl (C=O) groups excluding carboxylic acids is 5. The number of amides is 3. The van der Waals surface area contributed by atoms with Crippen LogP contribution in [0.3, 0.4) is 0 Å². The molecule has 1 atom stereocenters. The predicted octanol–water partition coefficient (Wildman–Crippen LogP) is 3.85. The third kappa shape index (κ3) is 11.0. The zero-order valence-electron chi connectivity index (χ0n) is 27.8. The van der Waals surface area contributed by atoms with E-state index >= 15 is 8.78 Å². The van der Waals surface area contributed by atoms with Crippen LogP contribution in [0.5, 0.6) is 0 Å². The summed E-state index contributed by atoms with van der Waals surface area (Å²) in [5.74, 6) is -11.1. The van der Waals surface area contributed by atoms with E-state index in [0.29, 0.717) is 11.1 Å². The average Bonchev–Trinajstić information content (AvgIpc) is 3.04. The molecule has 0 saturated heterocycles. The minimum absolute atomic E-state index is 0.00562. The number of rotatable bonds is 14. The topological polar surface area (TPSA) is 175 Å². The Hall–Kier alpha value is -5.47. The minimum atomic E-state index is -4.58. The second-order valence-electron chi connectivity index (χ2n) is 12.3. The summed E-state index contributed by atoms with van der Waals surface area (Å²) in [4.78, 5) is 80.7. The third-order valence-corrected chi connectivity index (χ3v) is 6.73. The molecule has 3 rings (SSSR count). The summed E-state index contributed by atoms with van der Waals surface area (Å²) in [6, 6.07) is 15.2. The molecule has 3 N–H and O–H groups in total. The molecule has 1 unspecified atom stereocenters. The van der Waals surface area contributed by atoms with Gasteiger partial charge in [-0.25, -0.2) is 9.78 Å². The molecule has 0 bridgehead atoms. The van der Waals surface area contributed by atoms with E-state index in [1.165, 1.54) is 13.8 Å². The van der Waals surface area contributed by atoms with E-state index in [4.69, 9.17) is 9.47 Å². The maximum atomic E-state index is 15.0. The summed E-state index contributed by atoms with van der Waals surface area (Å²) >= 11 is 0. The molecule has 0 aliphatic rings. The van der Waals surface area contributed by atoms with Crippen LogP contribution in [0.4, 0.5) is 19.3 Å². The molecule has 0 radical (unpaired) electrons. The average molecular weight is 684 g/mol. The number of benzene rings is 2. The lowest BCUT2D eigenvalue weighted by atomic mass is 9.95. The van der Waals surface area contributed by atoms with Crippen LogP contribution in [0.2, 0.25) is 0 Å². The lowest BCUT2D eigenvalue weighted by Gasteiger charge is -2.25. The highest BCUT2D eigenvalue weighted by Crippen LogP contribution is 2.21. The number of carbonyl (C=O) groups is 5. The van der Waals surface area contributed by atoms with Gasteiger partial charge in [0.1, 0.15) is 30.3 Å². The van der Waals surface area contributed by atoms with Crippen molar-refractivity contribution in [1.82, 2.24) is 20.2 Å². The van der Waals surface area contributed by atoms with Crippen molar-refractivity contribution < 1.29 is 42.2 Å². The number of nitrogens with one attached hydrogen (secondary N) is 3. The van der Waals surface area contributed by atoms with Gasteiger partial charge >= 0.3 is 18.0 Å². The van der Waals surface area contributed by atoms with Gasteiger partial charge in [0, 0.05) is 12.1 Å². The molecule has 3 aromatic rings. The fourth-order valence-corrected chi connectivity index (χ4v) is 4.40. The summed E-state index contributed by atoms with van der Waals surface area (Å²) in [7, 11) is 0. The SMILES string of the molecule is CC(C)C(NC(=O)Cn1c(-c2ccccc2)ncc(NC(=O)OCc2ccccc2)c1=O)C(=O)C(F)(F)C(=O)NCCC(=O)OC(C)(C)C. The molecule has 3 amide bonds. The normalized spacial score (nSPS) is 12.1. The van der Waals surface area contributed by atoms with Gasteiger partial charge in [-0.3, -0.25) is 33.9 Å². The van der Waals surface area contributed by atoms with E-state index in [1.54, 1.807) is 81.4 Å². The number of aromatic nitrogens is 2. The number of anilines is 1. The smallest absolute Gasteiger partial charge is 0.412 e. The first kappa shape index (κ1) is 38.0. The van der Waals surface area contributed by atoms with Crippen LogP contribution in [-0.2, 0) is 41.8 Å². The molecule has 1 heterocycles. The van der Waals surface area contributed by atoms with Crippen LogP contribution in [0.15, 0.2) is 71.7 Å². The van der Waals surface area contributed by atoms with Crippen LogP contribution < -0.4 is 21.5 Å². The van der Waals surface area contributed by atoms with Crippen molar-refractivity contribution in [3.8, 4) is 11.4 Å². The van der Waals surface area contributed by atoms with Crippen molar-refractivity contribution in [3.05, 3.63) is 82.8 Å². The summed E-state index contributed by atoms with van der Waals surface area (Å²) in [6.07, 6.45) is -0.294. The predicted molar refractivity (Wildman–Crippen MR) is 174 cm³/mol. The molecule has 49 heavy (non-hydrogen) atoms. The summed E-state index contributed by atoms with van der Waals surface area (Å²) in [5.41, 5.74) is -0.919. The van der Waals surface area contributed by atoms with Gasteiger partial charge < -0.3 is 20.1 Å². The highest BCUT2D eigenvalue weighted by atomic mass is 19.3. The Kier molecular flexibility index (Phi) is 12.8. The summed E-state index contributed by atoms with van der Waals surface area (Å²) < 4.78 is 41.2. The molecule has 0 fully saturated rings. The first-order valence-corrected chi connectivity index (χ1v) is 15.3. The van der Waals surface area contributed by atoms with Crippen molar-refractivity contribution >= 4 is 35.3 Å².